The maximum atomic E-state index is 13.6. The van der Waals surface area contributed by atoms with Gasteiger partial charge in [0.05, 0.1) is 11.3 Å². The molecule has 0 bridgehead atoms. The number of hydrogen-bond donors (Lipinski definition) is 2. The zero-order valence-corrected chi connectivity index (χ0v) is 15.9. The van der Waals surface area contributed by atoms with Crippen LogP contribution in [0.25, 0.3) is 11.3 Å². The monoisotopic (exact) mass is 409 g/mol. The van der Waals surface area contributed by atoms with Crippen LogP contribution in [-0.4, -0.2) is 20.7 Å². The third-order valence-electron chi connectivity index (χ3n) is 3.73. The Balaban J connectivity index is 0.00000145. The molecule has 2 aromatic heterocycles. The molecule has 0 aliphatic heterocycles. The summed E-state index contributed by atoms with van der Waals surface area (Å²) in [6.07, 6.45) is -4.59. The number of aryl methyl sites for hydroxylation is 1. The van der Waals surface area contributed by atoms with Crippen LogP contribution in [0.15, 0.2) is 42.5 Å². The summed E-state index contributed by atoms with van der Waals surface area (Å²) in [6, 6.07) is 8.99. The highest BCUT2D eigenvalue weighted by atomic mass is 19.4. The van der Waals surface area contributed by atoms with Gasteiger partial charge >= 0.3 is 6.18 Å². The van der Waals surface area contributed by atoms with E-state index in [0.29, 0.717) is 0 Å². The van der Waals surface area contributed by atoms with Crippen molar-refractivity contribution >= 4 is 17.5 Å². The van der Waals surface area contributed by atoms with Crippen LogP contribution in [-0.2, 0) is 13.2 Å². The molecule has 2 heterocycles. The Bertz CT molecular complexity index is 1010. The number of benzene rings is 1. The Labute approximate surface area is 164 Å². The number of nitrogen functional groups attached to an aromatic ring is 1. The summed E-state index contributed by atoms with van der Waals surface area (Å²) in [4.78, 5) is 16.1. The van der Waals surface area contributed by atoms with Gasteiger partial charge in [-0.05, 0) is 30.3 Å². The van der Waals surface area contributed by atoms with E-state index in [1.54, 1.807) is 0 Å². The zero-order chi connectivity index (χ0) is 21.8. The number of pyridine rings is 1. The minimum atomic E-state index is -4.59. The number of amides is 1. The summed E-state index contributed by atoms with van der Waals surface area (Å²) < 4.78 is 53.1. The molecule has 0 unspecified atom stereocenters. The lowest BCUT2D eigenvalue weighted by Gasteiger charge is -2.09. The van der Waals surface area contributed by atoms with E-state index in [4.69, 9.17) is 5.73 Å². The Morgan fingerprint density at radius 1 is 1.14 bits per heavy atom. The third kappa shape index (κ3) is 4.89. The lowest BCUT2D eigenvalue weighted by molar-refractivity contribution is -0.141. The second kappa shape index (κ2) is 8.72. The number of nitrogens with zero attached hydrogens (tertiary/aromatic N) is 3. The van der Waals surface area contributed by atoms with E-state index in [1.807, 2.05) is 13.8 Å². The van der Waals surface area contributed by atoms with Crippen molar-refractivity contribution in [2.75, 3.05) is 11.1 Å². The Morgan fingerprint density at radius 2 is 1.79 bits per heavy atom. The van der Waals surface area contributed by atoms with Gasteiger partial charge in [0.15, 0.2) is 5.69 Å². The van der Waals surface area contributed by atoms with Gasteiger partial charge < -0.3 is 11.1 Å². The lowest BCUT2D eigenvalue weighted by Crippen LogP contribution is -2.15. The van der Waals surface area contributed by atoms with Crippen molar-refractivity contribution in [3.8, 4) is 11.3 Å². The Morgan fingerprint density at radius 3 is 2.34 bits per heavy atom. The number of nitrogens with two attached hydrogens (primary N) is 1. The molecule has 3 aromatic rings. The van der Waals surface area contributed by atoms with Gasteiger partial charge in [-0.2, -0.15) is 18.3 Å². The van der Waals surface area contributed by atoms with Crippen LogP contribution < -0.4 is 11.1 Å². The van der Waals surface area contributed by atoms with Crippen molar-refractivity contribution in [3.05, 3.63) is 59.5 Å². The Kier molecular flexibility index (Phi) is 6.57. The summed E-state index contributed by atoms with van der Waals surface area (Å²) in [7, 11) is 1.35. The number of rotatable bonds is 3. The average molecular weight is 409 g/mol. The fourth-order valence-electron chi connectivity index (χ4n) is 2.45. The number of halogens is 4. The zero-order valence-electron chi connectivity index (χ0n) is 15.9. The van der Waals surface area contributed by atoms with Crippen LogP contribution in [0.1, 0.15) is 29.9 Å². The molecule has 0 aliphatic carbocycles. The van der Waals surface area contributed by atoms with Gasteiger partial charge in [-0.3, -0.25) is 9.48 Å². The largest absolute Gasteiger partial charge is 0.435 e. The van der Waals surface area contributed by atoms with Gasteiger partial charge in [0.2, 0.25) is 0 Å². The molecule has 1 amide bonds. The summed E-state index contributed by atoms with van der Waals surface area (Å²) in [6.45, 7) is 4.00. The highest BCUT2D eigenvalue weighted by molar-refractivity contribution is 6.04. The first kappa shape index (κ1) is 21.9. The molecule has 0 radical (unpaired) electrons. The molecule has 0 spiro atoms. The van der Waals surface area contributed by atoms with E-state index in [0.717, 1.165) is 16.8 Å². The van der Waals surface area contributed by atoms with Crippen LogP contribution in [0.4, 0.5) is 29.2 Å². The molecule has 29 heavy (non-hydrogen) atoms. The predicted molar refractivity (Wildman–Crippen MR) is 102 cm³/mol. The molecule has 0 fully saturated rings. The number of hydrogen-bond acceptors (Lipinski definition) is 4. The molecule has 0 atom stereocenters. The number of alkyl halides is 3. The quantitative estimate of drug-likeness (QED) is 0.624. The molecule has 3 rings (SSSR count). The van der Waals surface area contributed by atoms with Crippen molar-refractivity contribution < 1.29 is 22.4 Å². The van der Waals surface area contributed by atoms with Crippen LogP contribution in [0.2, 0.25) is 0 Å². The standard InChI is InChI=1S/C17H13F4N5O.C2H6/c1-26-12(8-13(25-26)17(19,20)21)10-6-7-14(23-15(10)22)24-16(27)9-4-2-3-5-11(9)18;1-2/h2-8H,1H3,(H3,22,23,24,27);1-2H3. The normalized spacial score (nSPS) is 10.9. The van der Waals surface area contributed by atoms with Crippen molar-refractivity contribution in [1.82, 2.24) is 14.8 Å². The molecule has 6 nitrogen and oxygen atoms in total. The van der Waals surface area contributed by atoms with Crippen molar-refractivity contribution in [1.29, 1.82) is 0 Å². The van der Waals surface area contributed by atoms with E-state index in [1.165, 1.54) is 37.4 Å². The highest BCUT2D eigenvalue weighted by Gasteiger charge is 2.35. The third-order valence-corrected chi connectivity index (χ3v) is 3.73. The number of carbonyl (C=O) groups excluding carboxylic acids is 1. The van der Waals surface area contributed by atoms with Crippen LogP contribution in [0.5, 0.6) is 0 Å². The number of aromatic nitrogens is 3. The topological polar surface area (TPSA) is 85.8 Å². The fourth-order valence-corrected chi connectivity index (χ4v) is 2.45. The number of anilines is 2. The molecule has 0 saturated carbocycles. The predicted octanol–water partition coefficient (Wildman–Crippen LogP) is 4.50. The van der Waals surface area contributed by atoms with Gasteiger partial charge in [0.1, 0.15) is 17.5 Å². The van der Waals surface area contributed by atoms with E-state index in [-0.39, 0.29) is 28.5 Å². The molecule has 0 saturated heterocycles. The molecule has 1 aromatic carbocycles. The second-order valence-electron chi connectivity index (χ2n) is 5.60. The number of nitrogens with one attached hydrogen (secondary N) is 1. The Hall–Kier alpha value is -3.43. The molecule has 3 N–H and O–H groups in total. The summed E-state index contributed by atoms with van der Waals surface area (Å²) in [5, 5.41) is 5.81. The number of carbonyl (C=O) groups is 1. The summed E-state index contributed by atoms with van der Waals surface area (Å²) in [5.74, 6) is -1.51. The smallest absolute Gasteiger partial charge is 0.383 e. The second-order valence-corrected chi connectivity index (χ2v) is 5.60. The van der Waals surface area contributed by atoms with E-state index in [2.05, 4.69) is 15.4 Å². The minimum Gasteiger partial charge on any atom is -0.383 e. The maximum Gasteiger partial charge on any atom is 0.435 e. The highest BCUT2D eigenvalue weighted by Crippen LogP contribution is 2.33. The van der Waals surface area contributed by atoms with Crippen molar-refractivity contribution in [2.45, 2.75) is 20.0 Å². The van der Waals surface area contributed by atoms with Crippen LogP contribution >= 0.6 is 0 Å². The first-order chi connectivity index (χ1) is 13.7. The van der Waals surface area contributed by atoms with Gasteiger partial charge in [0, 0.05) is 12.6 Å². The summed E-state index contributed by atoms with van der Waals surface area (Å²) >= 11 is 0. The van der Waals surface area contributed by atoms with E-state index in [9.17, 15) is 22.4 Å². The van der Waals surface area contributed by atoms with Crippen molar-refractivity contribution in [2.24, 2.45) is 7.05 Å². The van der Waals surface area contributed by atoms with E-state index >= 15 is 0 Å². The van der Waals surface area contributed by atoms with Crippen LogP contribution in [0, 0.1) is 5.82 Å². The van der Waals surface area contributed by atoms with E-state index < -0.39 is 23.6 Å². The van der Waals surface area contributed by atoms with Gasteiger partial charge in [-0.15, -0.1) is 0 Å². The molecular weight excluding hydrogens is 390 g/mol. The van der Waals surface area contributed by atoms with Gasteiger partial charge in [-0.25, -0.2) is 9.37 Å². The lowest BCUT2D eigenvalue weighted by atomic mass is 10.1. The molecule has 154 valence electrons. The molecular formula is C19H19F4N5O. The SMILES string of the molecule is CC.Cn1nc(C(F)(F)F)cc1-c1ccc(NC(=O)c2ccccc2F)nc1N. The van der Waals surface area contributed by atoms with Gasteiger partial charge in [-0.1, -0.05) is 26.0 Å². The molecule has 10 heteroatoms. The van der Waals surface area contributed by atoms with Crippen molar-refractivity contribution in [3.63, 3.8) is 0 Å². The fraction of sp³-hybridized carbons (Fsp3) is 0.211. The van der Waals surface area contributed by atoms with Gasteiger partial charge in [0.25, 0.3) is 5.91 Å². The average Bonchev–Trinajstić information content (AvgIpc) is 3.06. The maximum absolute atomic E-state index is 13.6. The molecule has 0 aliphatic rings. The first-order valence-electron chi connectivity index (χ1n) is 8.61. The minimum absolute atomic E-state index is 0.0303. The van der Waals surface area contributed by atoms with Crippen LogP contribution in [0.3, 0.4) is 0 Å². The summed E-state index contributed by atoms with van der Waals surface area (Å²) in [5.41, 5.74) is 4.91. The first-order valence-corrected chi connectivity index (χ1v) is 8.61.